The smallest absolute Gasteiger partial charge is 0.450 e. The van der Waals surface area contributed by atoms with Gasteiger partial charge < -0.3 is 19.7 Å². The second-order valence-corrected chi connectivity index (χ2v) is 2.18. The van der Waals surface area contributed by atoms with Crippen LogP contribution in [0.4, 0.5) is 9.59 Å². The maximum absolute atomic E-state index is 10.0. The van der Waals surface area contributed by atoms with Gasteiger partial charge in [0.15, 0.2) is 0 Å². The molecule has 0 amide bonds. The molecule has 14 heavy (non-hydrogen) atoms. The number of carbonyl (C=O) groups excluding carboxylic acids is 1. The van der Waals surface area contributed by atoms with Crippen LogP contribution in [-0.2, 0) is 9.47 Å². The molecule has 1 rings (SSSR count). The quantitative estimate of drug-likeness (QED) is 0.464. The molecule has 0 bridgehead atoms. The lowest BCUT2D eigenvalue weighted by Crippen LogP contribution is -2.01. The van der Waals surface area contributed by atoms with Crippen LogP contribution >= 0.6 is 0 Å². The zero-order valence-electron chi connectivity index (χ0n) is 8.10. The number of hydrogen-bond acceptors (Lipinski definition) is 4. The standard InChI is InChI=1S/C4H6O3.C3H6.CH2O3/c1-3-2-6-4(5)7-3;1-3-2;2-1(3)4/h3H,2H2,1H3;3H,1H2,2H3;(H2,2,3,4). The first-order valence-electron chi connectivity index (χ1n) is 3.76. The highest BCUT2D eigenvalue weighted by Gasteiger charge is 2.19. The van der Waals surface area contributed by atoms with Gasteiger partial charge in [-0.2, -0.15) is 0 Å². The molecule has 1 fully saturated rings. The van der Waals surface area contributed by atoms with E-state index in [-0.39, 0.29) is 6.10 Å². The molecule has 0 aliphatic carbocycles. The van der Waals surface area contributed by atoms with Crippen molar-refractivity contribution in [2.45, 2.75) is 20.0 Å². The zero-order chi connectivity index (χ0) is 11.6. The minimum absolute atomic E-state index is 0.0486. The highest BCUT2D eigenvalue weighted by atomic mass is 16.8. The largest absolute Gasteiger partial charge is 0.508 e. The third-order valence-electron chi connectivity index (χ3n) is 0.733. The second-order valence-electron chi connectivity index (χ2n) is 2.18. The fraction of sp³-hybridized carbons (Fsp3) is 0.500. The summed E-state index contributed by atoms with van der Waals surface area (Å²) in [5.74, 6) is 0. The first-order valence-corrected chi connectivity index (χ1v) is 3.76. The molecule has 0 radical (unpaired) electrons. The van der Waals surface area contributed by atoms with Crippen molar-refractivity contribution in [1.82, 2.24) is 0 Å². The van der Waals surface area contributed by atoms with Crippen molar-refractivity contribution in [1.29, 1.82) is 0 Å². The van der Waals surface area contributed by atoms with E-state index in [4.69, 9.17) is 15.0 Å². The summed E-state index contributed by atoms with van der Waals surface area (Å²) in [5, 5.41) is 13.9. The Labute approximate surface area is 81.7 Å². The predicted molar refractivity (Wildman–Crippen MR) is 48.4 cm³/mol. The minimum atomic E-state index is -1.83. The summed E-state index contributed by atoms with van der Waals surface area (Å²) in [6, 6.07) is 0. The summed E-state index contributed by atoms with van der Waals surface area (Å²) in [4.78, 5) is 18.6. The van der Waals surface area contributed by atoms with Crippen LogP contribution in [0.3, 0.4) is 0 Å². The maximum atomic E-state index is 10.0. The molecule has 1 atom stereocenters. The Hall–Kier alpha value is -1.72. The predicted octanol–water partition coefficient (Wildman–Crippen LogP) is 1.96. The maximum Gasteiger partial charge on any atom is 0.508 e. The van der Waals surface area contributed by atoms with Gasteiger partial charge in [-0.05, 0) is 13.8 Å². The van der Waals surface area contributed by atoms with Crippen LogP contribution in [0.1, 0.15) is 13.8 Å². The van der Waals surface area contributed by atoms with Gasteiger partial charge in [-0.1, -0.05) is 6.08 Å². The Morgan fingerprint density at radius 1 is 1.64 bits per heavy atom. The van der Waals surface area contributed by atoms with Gasteiger partial charge in [0.1, 0.15) is 12.7 Å². The molecule has 0 saturated carbocycles. The van der Waals surface area contributed by atoms with Gasteiger partial charge in [0.2, 0.25) is 0 Å². The van der Waals surface area contributed by atoms with Crippen LogP contribution in [-0.4, -0.2) is 35.2 Å². The van der Waals surface area contributed by atoms with Crippen molar-refractivity contribution < 1.29 is 29.3 Å². The van der Waals surface area contributed by atoms with Gasteiger partial charge in [-0.15, -0.1) is 6.58 Å². The normalized spacial score (nSPS) is 17.3. The minimum Gasteiger partial charge on any atom is -0.450 e. The van der Waals surface area contributed by atoms with E-state index in [0.29, 0.717) is 6.61 Å². The van der Waals surface area contributed by atoms with Crippen LogP contribution in [0.5, 0.6) is 0 Å². The molecule has 0 aromatic rings. The average molecular weight is 206 g/mol. The summed E-state index contributed by atoms with van der Waals surface area (Å²) in [6.07, 6.45) is -0.681. The molecule has 0 aromatic heterocycles. The van der Waals surface area contributed by atoms with Crippen LogP contribution in [0.2, 0.25) is 0 Å². The number of cyclic esters (lactones) is 2. The molecule has 6 nitrogen and oxygen atoms in total. The lowest BCUT2D eigenvalue weighted by molar-refractivity contribution is 0.121. The van der Waals surface area contributed by atoms with E-state index >= 15 is 0 Å². The van der Waals surface area contributed by atoms with E-state index in [9.17, 15) is 4.79 Å². The number of carbonyl (C=O) groups is 2. The van der Waals surface area contributed by atoms with Gasteiger partial charge in [-0.25, -0.2) is 9.59 Å². The van der Waals surface area contributed by atoms with Crippen molar-refractivity contribution in [2.75, 3.05) is 6.61 Å². The SMILES string of the molecule is C=CC.CC1COC(=O)O1.O=C(O)O. The van der Waals surface area contributed by atoms with Crippen molar-refractivity contribution >= 4 is 12.3 Å². The van der Waals surface area contributed by atoms with Crippen molar-refractivity contribution in [2.24, 2.45) is 0 Å². The lowest BCUT2D eigenvalue weighted by Gasteiger charge is -1.90. The molecule has 1 saturated heterocycles. The number of ether oxygens (including phenoxy) is 2. The fourth-order valence-electron chi connectivity index (χ4n) is 0.418. The lowest BCUT2D eigenvalue weighted by atomic mass is 10.5. The van der Waals surface area contributed by atoms with E-state index in [2.05, 4.69) is 16.1 Å². The topological polar surface area (TPSA) is 93.1 Å². The third kappa shape index (κ3) is 16.7. The molecule has 1 aliphatic rings. The molecule has 1 heterocycles. The summed E-state index contributed by atoms with van der Waals surface area (Å²) in [7, 11) is 0. The van der Waals surface area contributed by atoms with Crippen LogP contribution in [0.15, 0.2) is 12.7 Å². The second kappa shape index (κ2) is 9.37. The Kier molecular flexibility index (Phi) is 9.89. The van der Waals surface area contributed by atoms with Crippen molar-refractivity contribution in [3.63, 3.8) is 0 Å². The molecular formula is C8H14O6. The molecule has 0 spiro atoms. The Morgan fingerprint density at radius 3 is 2.07 bits per heavy atom. The molecule has 0 aromatic carbocycles. The first kappa shape index (κ1) is 14.8. The molecular weight excluding hydrogens is 192 g/mol. The van der Waals surface area contributed by atoms with Crippen molar-refractivity contribution in [3.05, 3.63) is 12.7 Å². The zero-order valence-corrected chi connectivity index (χ0v) is 8.10. The highest BCUT2D eigenvalue weighted by Crippen LogP contribution is 2.02. The number of hydrogen-bond donors (Lipinski definition) is 2. The Bertz CT molecular complexity index is 184. The van der Waals surface area contributed by atoms with E-state index in [0.717, 1.165) is 0 Å². The van der Waals surface area contributed by atoms with E-state index in [1.807, 2.05) is 6.92 Å². The first-order chi connectivity index (χ1) is 6.43. The van der Waals surface area contributed by atoms with Crippen LogP contribution in [0.25, 0.3) is 0 Å². The monoisotopic (exact) mass is 206 g/mol. The number of allylic oxidation sites excluding steroid dienone is 1. The molecule has 82 valence electrons. The van der Waals surface area contributed by atoms with Crippen LogP contribution in [0, 0.1) is 0 Å². The summed E-state index contributed by atoms with van der Waals surface area (Å²) in [5.41, 5.74) is 0. The van der Waals surface area contributed by atoms with E-state index < -0.39 is 12.3 Å². The van der Waals surface area contributed by atoms with Gasteiger partial charge in [-0.3, -0.25) is 0 Å². The summed E-state index contributed by atoms with van der Waals surface area (Å²) in [6.45, 7) is 7.43. The molecule has 6 heteroatoms. The number of carboxylic acid groups (broad SMARTS) is 2. The Morgan fingerprint density at radius 2 is 2.00 bits per heavy atom. The Balaban J connectivity index is 0. The van der Waals surface area contributed by atoms with Gasteiger partial charge in [0, 0.05) is 0 Å². The van der Waals surface area contributed by atoms with Gasteiger partial charge >= 0.3 is 12.3 Å². The van der Waals surface area contributed by atoms with Gasteiger partial charge in [0.25, 0.3) is 0 Å². The van der Waals surface area contributed by atoms with Crippen LogP contribution < -0.4 is 0 Å². The highest BCUT2D eigenvalue weighted by molar-refractivity contribution is 5.61. The summed E-state index contributed by atoms with van der Waals surface area (Å²) < 4.78 is 8.90. The molecule has 1 unspecified atom stereocenters. The average Bonchev–Trinajstić information content (AvgIpc) is 2.34. The summed E-state index contributed by atoms with van der Waals surface area (Å²) >= 11 is 0. The van der Waals surface area contributed by atoms with Crippen molar-refractivity contribution in [3.8, 4) is 0 Å². The molecule has 2 N–H and O–H groups in total. The van der Waals surface area contributed by atoms with Gasteiger partial charge in [0.05, 0.1) is 0 Å². The molecule has 1 aliphatic heterocycles. The number of rotatable bonds is 0. The third-order valence-corrected chi connectivity index (χ3v) is 0.733. The van der Waals surface area contributed by atoms with E-state index in [1.165, 1.54) is 0 Å². The fourth-order valence-corrected chi connectivity index (χ4v) is 0.418. The van der Waals surface area contributed by atoms with E-state index in [1.54, 1.807) is 13.0 Å².